The fourth-order valence-corrected chi connectivity index (χ4v) is 5.18. The molecule has 0 spiro atoms. The zero-order chi connectivity index (χ0) is 23.6. The highest BCUT2D eigenvalue weighted by Gasteiger charge is 2.28. The maximum atomic E-state index is 11.3. The van der Waals surface area contributed by atoms with Gasteiger partial charge in [0.15, 0.2) is 5.75 Å². The minimum absolute atomic E-state index is 0.00774. The Morgan fingerprint density at radius 2 is 2.03 bits per heavy atom. The summed E-state index contributed by atoms with van der Waals surface area (Å²) in [5.41, 5.74) is 3.36. The van der Waals surface area contributed by atoms with Gasteiger partial charge in [-0.3, -0.25) is 4.90 Å². The van der Waals surface area contributed by atoms with Crippen molar-refractivity contribution in [1.29, 1.82) is 5.26 Å². The Hall–Kier alpha value is -2.28. The molecule has 33 heavy (non-hydrogen) atoms. The molecule has 0 amide bonds. The predicted molar refractivity (Wildman–Crippen MR) is 131 cm³/mol. The van der Waals surface area contributed by atoms with E-state index in [4.69, 9.17) is 27.9 Å². The number of aromatic nitrogens is 1. The number of nitrogens with one attached hydrogen (secondary N) is 1. The third-order valence-corrected chi connectivity index (χ3v) is 6.76. The zero-order valence-corrected chi connectivity index (χ0v) is 20.4. The van der Waals surface area contributed by atoms with Crippen LogP contribution < -0.4 is 9.46 Å². The van der Waals surface area contributed by atoms with E-state index in [1.165, 1.54) is 11.8 Å². The number of hydrogen-bond acceptors (Lipinski definition) is 5. The third-order valence-electron chi connectivity index (χ3n) is 5.56. The van der Waals surface area contributed by atoms with Crippen molar-refractivity contribution in [1.82, 2.24) is 14.2 Å². The van der Waals surface area contributed by atoms with E-state index in [9.17, 15) is 13.7 Å². The number of sulfonamides is 1. The van der Waals surface area contributed by atoms with E-state index >= 15 is 0 Å². The van der Waals surface area contributed by atoms with Gasteiger partial charge in [0, 0.05) is 42.9 Å². The minimum Gasteiger partial charge on any atom is -0.489 e. The van der Waals surface area contributed by atoms with Gasteiger partial charge >= 0.3 is 0 Å². The van der Waals surface area contributed by atoms with Gasteiger partial charge in [0.05, 0.1) is 28.2 Å². The SMILES string of the molecule is CS(=O)(=O)NC1CN(CCc2ccc3c(ccn3-c3cc(Cl)c(OCCCl)c(C#N)c3)c2)C1. The minimum atomic E-state index is -3.15. The van der Waals surface area contributed by atoms with E-state index in [1.54, 1.807) is 12.1 Å². The van der Waals surface area contributed by atoms with Crippen molar-refractivity contribution >= 4 is 44.1 Å². The lowest BCUT2D eigenvalue weighted by Gasteiger charge is -2.39. The Labute approximate surface area is 203 Å². The largest absolute Gasteiger partial charge is 0.489 e. The lowest BCUT2D eigenvalue weighted by atomic mass is 10.1. The van der Waals surface area contributed by atoms with E-state index in [0.29, 0.717) is 22.2 Å². The van der Waals surface area contributed by atoms with Gasteiger partial charge in [0.25, 0.3) is 0 Å². The highest BCUT2D eigenvalue weighted by Crippen LogP contribution is 2.33. The molecule has 0 radical (unpaired) electrons. The molecule has 0 saturated carbocycles. The molecule has 4 rings (SSSR count). The molecule has 3 aromatic rings. The lowest BCUT2D eigenvalue weighted by Crippen LogP contribution is -2.59. The molecular weight excluding hydrogens is 483 g/mol. The van der Waals surface area contributed by atoms with Gasteiger partial charge in [-0.15, -0.1) is 11.6 Å². The van der Waals surface area contributed by atoms with Crippen LogP contribution in [0, 0.1) is 11.3 Å². The number of halogens is 2. The molecule has 1 saturated heterocycles. The molecule has 0 unspecified atom stereocenters. The highest BCUT2D eigenvalue weighted by atomic mass is 35.5. The first-order valence-corrected chi connectivity index (χ1v) is 13.3. The van der Waals surface area contributed by atoms with Crippen LogP contribution in [0.15, 0.2) is 42.6 Å². The van der Waals surface area contributed by atoms with Gasteiger partial charge in [-0.1, -0.05) is 17.7 Å². The van der Waals surface area contributed by atoms with Crippen LogP contribution in [-0.2, 0) is 16.4 Å². The standard InChI is InChI=1S/C23H24Cl2N4O3S/c1-33(30,31)27-19-14-28(15-19)7-4-16-2-3-22-17(10-16)5-8-29(22)20-11-18(13-26)23(21(25)12-20)32-9-6-24/h2-3,5,8,10-12,19,27H,4,6-7,9,14-15H2,1H3. The molecule has 1 aromatic heterocycles. The second-order valence-corrected chi connectivity index (χ2v) is 10.7. The number of hydrogen-bond donors (Lipinski definition) is 1. The molecule has 1 fully saturated rings. The first kappa shape index (κ1) is 23.9. The molecule has 1 aliphatic heterocycles. The van der Waals surface area contributed by atoms with Gasteiger partial charge in [-0.05, 0) is 42.3 Å². The summed E-state index contributed by atoms with van der Waals surface area (Å²) in [4.78, 5) is 2.23. The second-order valence-electron chi connectivity index (χ2n) is 8.13. The van der Waals surface area contributed by atoms with E-state index in [-0.39, 0.29) is 12.6 Å². The fourth-order valence-electron chi connectivity index (χ4n) is 4.08. The normalized spacial score (nSPS) is 14.8. The van der Waals surface area contributed by atoms with Crippen LogP contribution in [-0.4, -0.2) is 62.3 Å². The van der Waals surface area contributed by atoms with Crippen LogP contribution in [0.3, 0.4) is 0 Å². The van der Waals surface area contributed by atoms with Crippen LogP contribution in [0.25, 0.3) is 16.6 Å². The topological polar surface area (TPSA) is 87.4 Å². The molecule has 0 atom stereocenters. The van der Waals surface area contributed by atoms with Crippen molar-refractivity contribution in [3.05, 3.63) is 58.7 Å². The molecule has 0 bridgehead atoms. The first-order valence-electron chi connectivity index (χ1n) is 10.5. The average molecular weight is 507 g/mol. The van der Waals surface area contributed by atoms with Crippen molar-refractivity contribution < 1.29 is 13.2 Å². The summed E-state index contributed by atoms with van der Waals surface area (Å²) < 4.78 is 32.8. The van der Waals surface area contributed by atoms with Gasteiger partial charge in [0.2, 0.25) is 10.0 Å². The van der Waals surface area contributed by atoms with E-state index in [0.717, 1.165) is 42.6 Å². The number of benzene rings is 2. The first-order chi connectivity index (χ1) is 15.8. The maximum absolute atomic E-state index is 11.3. The average Bonchev–Trinajstić information content (AvgIpc) is 3.16. The van der Waals surface area contributed by atoms with Gasteiger partial charge in [-0.25, -0.2) is 13.1 Å². The molecule has 10 heteroatoms. The van der Waals surface area contributed by atoms with Crippen LogP contribution >= 0.6 is 23.2 Å². The monoisotopic (exact) mass is 506 g/mol. The smallest absolute Gasteiger partial charge is 0.209 e. The van der Waals surface area contributed by atoms with Crippen LogP contribution in [0.4, 0.5) is 0 Å². The molecular formula is C23H24Cl2N4O3S. The van der Waals surface area contributed by atoms with E-state index in [1.807, 2.05) is 16.8 Å². The maximum Gasteiger partial charge on any atom is 0.209 e. The van der Waals surface area contributed by atoms with Crippen molar-refractivity contribution in [3.8, 4) is 17.5 Å². The molecule has 0 aliphatic carbocycles. The summed E-state index contributed by atoms with van der Waals surface area (Å²) in [5.74, 6) is 0.658. The van der Waals surface area contributed by atoms with Crippen molar-refractivity contribution in [2.24, 2.45) is 0 Å². The van der Waals surface area contributed by atoms with Crippen LogP contribution in [0.5, 0.6) is 5.75 Å². The predicted octanol–water partition coefficient (Wildman–Crippen LogP) is 3.55. The second kappa shape index (κ2) is 9.92. The third kappa shape index (κ3) is 5.62. The van der Waals surface area contributed by atoms with E-state index < -0.39 is 10.0 Å². The Bertz CT molecular complexity index is 1310. The number of alkyl halides is 1. The molecule has 2 aromatic carbocycles. The lowest BCUT2D eigenvalue weighted by molar-refractivity contribution is 0.143. The summed E-state index contributed by atoms with van der Waals surface area (Å²) in [5, 5.41) is 11.0. The van der Waals surface area contributed by atoms with Gasteiger partial charge in [0.1, 0.15) is 12.7 Å². The Morgan fingerprint density at radius 1 is 1.24 bits per heavy atom. The summed E-state index contributed by atoms with van der Waals surface area (Å²) in [6, 6.07) is 14.0. The summed E-state index contributed by atoms with van der Waals surface area (Å²) in [6.45, 7) is 2.62. The molecule has 1 N–H and O–H groups in total. The number of nitriles is 1. The van der Waals surface area contributed by atoms with Crippen molar-refractivity contribution in [3.63, 3.8) is 0 Å². The number of nitrogens with zero attached hydrogens (tertiary/aromatic N) is 3. The molecule has 2 heterocycles. The van der Waals surface area contributed by atoms with Gasteiger partial charge in [-0.2, -0.15) is 5.26 Å². The van der Waals surface area contributed by atoms with E-state index in [2.05, 4.69) is 33.9 Å². The Morgan fingerprint density at radius 3 is 2.73 bits per heavy atom. The number of likely N-dealkylation sites (tertiary alicyclic amines) is 1. The number of ether oxygens (including phenoxy) is 1. The molecule has 1 aliphatic rings. The molecule has 174 valence electrons. The number of rotatable bonds is 9. The Balaban J connectivity index is 1.47. The van der Waals surface area contributed by atoms with Crippen molar-refractivity contribution in [2.75, 3.05) is 38.4 Å². The fraction of sp³-hybridized carbons (Fsp3) is 0.348. The highest BCUT2D eigenvalue weighted by molar-refractivity contribution is 7.88. The summed E-state index contributed by atoms with van der Waals surface area (Å²) in [7, 11) is -3.15. The number of fused-ring (bicyclic) bond motifs is 1. The van der Waals surface area contributed by atoms with Gasteiger partial charge < -0.3 is 9.30 Å². The summed E-state index contributed by atoms with van der Waals surface area (Å²) in [6.07, 6.45) is 4.02. The van der Waals surface area contributed by atoms with Crippen LogP contribution in [0.2, 0.25) is 5.02 Å². The summed E-state index contributed by atoms with van der Waals surface area (Å²) >= 11 is 12.1. The Kier molecular flexibility index (Phi) is 7.17. The quantitative estimate of drug-likeness (QED) is 0.448. The van der Waals surface area contributed by atoms with Crippen molar-refractivity contribution in [2.45, 2.75) is 12.5 Å². The molecule has 7 nitrogen and oxygen atoms in total. The van der Waals surface area contributed by atoms with Crippen LogP contribution in [0.1, 0.15) is 11.1 Å². The zero-order valence-electron chi connectivity index (χ0n) is 18.1.